The van der Waals surface area contributed by atoms with E-state index in [1.54, 1.807) is 6.92 Å². The fourth-order valence-corrected chi connectivity index (χ4v) is 2.16. The molecule has 0 bridgehead atoms. The molecule has 1 saturated heterocycles. The number of carbonyl (C=O) groups is 1. The number of nitrogens with zero attached hydrogens (tertiary/aromatic N) is 1. The van der Waals surface area contributed by atoms with Crippen molar-refractivity contribution in [2.75, 3.05) is 13.7 Å². The number of nitrogens with one attached hydrogen (secondary N) is 2. The molecule has 0 aliphatic carbocycles. The molecule has 0 aromatic carbocycles. The largest absolute Gasteiger partial charge is 0.481 e. The predicted molar refractivity (Wildman–Crippen MR) is 68.4 cm³/mol. The van der Waals surface area contributed by atoms with E-state index in [0.717, 1.165) is 6.42 Å². The number of amides is 1. The predicted octanol–water partition coefficient (Wildman–Crippen LogP) is 0.906. The Kier molecular flexibility index (Phi) is 4.31. The van der Waals surface area contributed by atoms with Gasteiger partial charge in [-0.2, -0.15) is 0 Å². The monoisotopic (exact) mass is 267 g/mol. The van der Waals surface area contributed by atoms with E-state index in [-0.39, 0.29) is 17.8 Å². The number of rotatable bonds is 5. The molecule has 19 heavy (non-hydrogen) atoms. The van der Waals surface area contributed by atoms with Gasteiger partial charge in [-0.05, 0) is 19.4 Å². The van der Waals surface area contributed by atoms with Gasteiger partial charge in [-0.3, -0.25) is 4.79 Å². The molecule has 2 heterocycles. The zero-order chi connectivity index (χ0) is 13.8. The smallest absolute Gasteiger partial charge is 0.220 e. The fourth-order valence-electron chi connectivity index (χ4n) is 2.16. The molecule has 1 fully saturated rings. The van der Waals surface area contributed by atoms with Crippen LogP contribution in [-0.2, 0) is 11.3 Å². The van der Waals surface area contributed by atoms with E-state index in [1.807, 2.05) is 0 Å². The van der Waals surface area contributed by atoms with E-state index in [4.69, 9.17) is 4.74 Å². The van der Waals surface area contributed by atoms with Crippen LogP contribution in [0.1, 0.15) is 24.1 Å². The van der Waals surface area contributed by atoms with Gasteiger partial charge in [0.25, 0.3) is 0 Å². The number of carbonyl (C=O) groups excluding carboxylic acids is 1. The third-order valence-corrected chi connectivity index (χ3v) is 3.13. The molecule has 0 saturated carbocycles. The zero-order valence-electron chi connectivity index (χ0n) is 11.1. The Morgan fingerprint density at radius 2 is 2.42 bits per heavy atom. The average molecular weight is 267 g/mol. The highest BCUT2D eigenvalue weighted by Crippen LogP contribution is 2.19. The van der Waals surface area contributed by atoms with Crippen molar-refractivity contribution in [2.45, 2.75) is 32.4 Å². The highest BCUT2D eigenvalue weighted by molar-refractivity contribution is 5.78. The van der Waals surface area contributed by atoms with Crippen LogP contribution in [0.15, 0.2) is 6.07 Å². The second-order valence-electron chi connectivity index (χ2n) is 4.67. The van der Waals surface area contributed by atoms with Gasteiger partial charge >= 0.3 is 0 Å². The highest BCUT2D eigenvalue weighted by atomic mass is 19.1. The number of hydrogen-bond donors (Lipinski definition) is 2. The van der Waals surface area contributed by atoms with E-state index in [1.165, 1.54) is 13.2 Å². The first kappa shape index (κ1) is 13.7. The molecular formula is C13H18FN3O2. The minimum absolute atomic E-state index is 0.0764. The molecule has 1 aliphatic heterocycles. The molecule has 6 heteroatoms. The van der Waals surface area contributed by atoms with Crippen molar-refractivity contribution in [3.05, 3.63) is 23.1 Å². The highest BCUT2D eigenvalue weighted by Gasteiger charge is 2.20. The quantitative estimate of drug-likeness (QED) is 0.832. The number of aryl methyl sites for hydroxylation is 1. The summed E-state index contributed by atoms with van der Waals surface area (Å²) in [5.74, 6) is 0.0559. The lowest BCUT2D eigenvalue weighted by atomic mass is 10.2. The second-order valence-corrected chi connectivity index (χ2v) is 4.67. The van der Waals surface area contributed by atoms with Gasteiger partial charge in [0, 0.05) is 31.2 Å². The van der Waals surface area contributed by atoms with Crippen LogP contribution < -0.4 is 15.4 Å². The Bertz CT molecular complexity index is 479. The molecule has 104 valence electrons. The molecule has 0 spiro atoms. The van der Waals surface area contributed by atoms with Crippen LogP contribution in [-0.4, -0.2) is 30.6 Å². The molecule has 2 N–H and O–H groups in total. The van der Waals surface area contributed by atoms with Gasteiger partial charge in [0.1, 0.15) is 5.82 Å². The van der Waals surface area contributed by atoms with E-state index in [2.05, 4.69) is 15.6 Å². The molecular weight excluding hydrogens is 249 g/mol. The molecule has 5 nitrogen and oxygen atoms in total. The third kappa shape index (κ3) is 3.41. The maximum absolute atomic E-state index is 13.8. The van der Waals surface area contributed by atoms with E-state index >= 15 is 0 Å². The number of halogens is 1. The summed E-state index contributed by atoms with van der Waals surface area (Å²) < 4.78 is 18.9. The van der Waals surface area contributed by atoms with Crippen LogP contribution in [0.3, 0.4) is 0 Å². The topological polar surface area (TPSA) is 63.2 Å². The molecule has 2 rings (SSSR count). The van der Waals surface area contributed by atoms with Crippen molar-refractivity contribution in [1.82, 2.24) is 15.6 Å². The van der Waals surface area contributed by atoms with Crippen LogP contribution in [0.4, 0.5) is 4.39 Å². The summed E-state index contributed by atoms with van der Waals surface area (Å²) in [6.07, 6.45) is 1.38. The normalized spacial score (nSPS) is 18.5. The summed E-state index contributed by atoms with van der Waals surface area (Å²) in [7, 11) is 1.47. The van der Waals surface area contributed by atoms with E-state index in [9.17, 15) is 9.18 Å². The summed E-state index contributed by atoms with van der Waals surface area (Å²) in [4.78, 5) is 15.2. The van der Waals surface area contributed by atoms with Crippen molar-refractivity contribution < 1.29 is 13.9 Å². The lowest BCUT2D eigenvalue weighted by Crippen LogP contribution is -2.35. The van der Waals surface area contributed by atoms with E-state index < -0.39 is 0 Å². The number of aromatic nitrogens is 1. The first-order valence-electron chi connectivity index (χ1n) is 6.30. The molecule has 1 aromatic heterocycles. The summed E-state index contributed by atoms with van der Waals surface area (Å²) in [5.41, 5.74) is 0.999. The standard InChI is InChI=1S/C13H18FN3O2/c1-8-5-11(14)10(13(16-8)19-2)7-15-6-9-3-4-12(18)17-9/h5,9,15H,3-4,6-7H2,1-2H3,(H,17,18)/t9-/m1/s1. The van der Waals surface area contributed by atoms with Gasteiger partial charge in [0.05, 0.1) is 12.7 Å². The fraction of sp³-hybridized carbons (Fsp3) is 0.538. The molecule has 1 atom stereocenters. The summed E-state index contributed by atoms with van der Waals surface area (Å²) in [5, 5.41) is 5.97. The van der Waals surface area contributed by atoms with Crippen molar-refractivity contribution in [1.29, 1.82) is 0 Å². The van der Waals surface area contributed by atoms with Crippen LogP contribution in [0.5, 0.6) is 5.88 Å². The van der Waals surface area contributed by atoms with Gasteiger partial charge in [0.15, 0.2) is 0 Å². The summed E-state index contributed by atoms with van der Waals surface area (Å²) >= 11 is 0. The van der Waals surface area contributed by atoms with Crippen molar-refractivity contribution in [3.63, 3.8) is 0 Å². The Labute approximate surface area is 111 Å². The minimum atomic E-state index is -0.327. The second kappa shape index (κ2) is 5.97. The van der Waals surface area contributed by atoms with Gasteiger partial charge in [-0.1, -0.05) is 0 Å². The maximum Gasteiger partial charge on any atom is 0.220 e. The summed E-state index contributed by atoms with van der Waals surface area (Å²) in [6.45, 7) is 2.66. The Morgan fingerprint density at radius 3 is 3.05 bits per heavy atom. The number of hydrogen-bond acceptors (Lipinski definition) is 4. The van der Waals surface area contributed by atoms with Crippen LogP contribution in [0.2, 0.25) is 0 Å². The lowest BCUT2D eigenvalue weighted by Gasteiger charge is -2.13. The number of ether oxygens (including phenoxy) is 1. The lowest BCUT2D eigenvalue weighted by molar-refractivity contribution is -0.119. The molecule has 1 aromatic rings. The van der Waals surface area contributed by atoms with Crippen LogP contribution in [0.25, 0.3) is 0 Å². The van der Waals surface area contributed by atoms with Crippen molar-refractivity contribution in [3.8, 4) is 5.88 Å². The first-order chi connectivity index (χ1) is 9.10. The van der Waals surface area contributed by atoms with Gasteiger partial charge in [-0.15, -0.1) is 0 Å². The third-order valence-electron chi connectivity index (χ3n) is 3.13. The Hall–Kier alpha value is -1.69. The maximum atomic E-state index is 13.8. The van der Waals surface area contributed by atoms with Crippen molar-refractivity contribution >= 4 is 5.91 Å². The first-order valence-corrected chi connectivity index (χ1v) is 6.30. The Morgan fingerprint density at radius 1 is 1.63 bits per heavy atom. The molecule has 1 aliphatic rings. The number of methoxy groups -OCH3 is 1. The van der Waals surface area contributed by atoms with Crippen molar-refractivity contribution in [2.24, 2.45) is 0 Å². The van der Waals surface area contributed by atoms with Crippen LogP contribution in [0, 0.1) is 12.7 Å². The van der Waals surface area contributed by atoms with Gasteiger partial charge in [-0.25, -0.2) is 9.37 Å². The van der Waals surface area contributed by atoms with Gasteiger partial charge in [0.2, 0.25) is 11.8 Å². The number of pyridine rings is 1. The van der Waals surface area contributed by atoms with E-state index in [0.29, 0.717) is 36.6 Å². The SMILES string of the molecule is COc1nc(C)cc(F)c1CNC[C@H]1CCC(=O)N1. The molecule has 1 amide bonds. The Balaban J connectivity index is 1.93. The molecule has 0 unspecified atom stereocenters. The van der Waals surface area contributed by atoms with Crippen LogP contribution >= 0.6 is 0 Å². The average Bonchev–Trinajstić information content (AvgIpc) is 2.77. The van der Waals surface area contributed by atoms with Gasteiger partial charge < -0.3 is 15.4 Å². The molecule has 0 radical (unpaired) electrons. The zero-order valence-corrected chi connectivity index (χ0v) is 11.1. The summed E-state index contributed by atoms with van der Waals surface area (Å²) in [6, 6.07) is 1.51. The minimum Gasteiger partial charge on any atom is -0.481 e.